The fourth-order valence-corrected chi connectivity index (χ4v) is 3.12. The lowest BCUT2D eigenvalue weighted by molar-refractivity contribution is -0.139. The smallest absolute Gasteiger partial charge is 0.236 e. The maximum Gasteiger partial charge on any atom is 0.236 e. The number of nitrogens with zero attached hydrogens (tertiary/aromatic N) is 6. The molecule has 0 radical (unpaired) electrons. The van der Waals surface area contributed by atoms with Gasteiger partial charge in [-0.05, 0) is 6.07 Å². The Kier molecular flexibility index (Phi) is 5.24. The lowest BCUT2D eigenvalue weighted by atomic mass is 10.2. The zero-order valence-electron chi connectivity index (χ0n) is 14.1. The van der Waals surface area contributed by atoms with Crippen molar-refractivity contribution >= 4 is 17.8 Å². The number of carbonyl (C=O) groups is 2. The third-order valence-corrected chi connectivity index (χ3v) is 4.64. The van der Waals surface area contributed by atoms with Crippen molar-refractivity contribution in [2.45, 2.75) is 6.92 Å². The maximum absolute atomic E-state index is 12.4. The minimum atomic E-state index is 0.0846. The fraction of sp³-hybridized carbons (Fsp3) is 0.625. The molecule has 2 amide bonds. The molecule has 8 heteroatoms. The van der Waals surface area contributed by atoms with E-state index in [-0.39, 0.29) is 11.8 Å². The third kappa shape index (κ3) is 4.00. The number of anilines is 1. The molecule has 0 N–H and O–H groups in total. The Morgan fingerprint density at radius 3 is 2.08 bits per heavy atom. The van der Waals surface area contributed by atoms with Gasteiger partial charge in [0.15, 0.2) is 0 Å². The van der Waals surface area contributed by atoms with Crippen molar-refractivity contribution in [1.29, 1.82) is 0 Å². The molecule has 0 saturated carbocycles. The maximum atomic E-state index is 12.4. The van der Waals surface area contributed by atoms with Crippen LogP contribution < -0.4 is 4.90 Å². The second-order valence-electron chi connectivity index (χ2n) is 6.20. The van der Waals surface area contributed by atoms with Gasteiger partial charge in [0, 0.05) is 71.7 Å². The third-order valence-electron chi connectivity index (χ3n) is 4.64. The summed E-state index contributed by atoms with van der Waals surface area (Å²) in [6, 6.07) is 1.81. The van der Waals surface area contributed by atoms with Crippen LogP contribution in [0.2, 0.25) is 0 Å². The van der Waals surface area contributed by atoms with Gasteiger partial charge in [0.25, 0.3) is 0 Å². The van der Waals surface area contributed by atoms with Crippen LogP contribution in [0.1, 0.15) is 6.92 Å². The number of piperazine rings is 2. The number of aromatic nitrogens is 2. The molecule has 3 rings (SSSR count). The van der Waals surface area contributed by atoms with E-state index in [1.165, 1.54) is 0 Å². The molecule has 8 nitrogen and oxygen atoms in total. The normalized spacial score (nSPS) is 19.5. The van der Waals surface area contributed by atoms with Crippen LogP contribution in [-0.4, -0.2) is 95.4 Å². The topological polar surface area (TPSA) is 72.9 Å². The van der Waals surface area contributed by atoms with Crippen LogP contribution in [0.5, 0.6) is 0 Å². The second kappa shape index (κ2) is 7.57. The molecule has 0 bridgehead atoms. The minimum absolute atomic E-state index is 0.0846. The molecule has 1 aromatic heterocycles. The highest BCUT2D eigenvalue weighted by molar-refractivity contribution is 5.79. The molecule has 0 spiro atoms. The SMILES string of the molecule is CC(=O)N1CCN(C(=O)CN2CCN(c3ncccn3)CC2)CC1. The molecule has 0 unspecified atom stereocenters. The van der Waals surface area contributed by atoms with Crippen LogP contribution >= 0.6 is 0 Å². The van der Waals surface area contributed by atoms with Gasteiger partial charge in [-0.3, -0.25) is 14.5 Å². The number of rotatable bonds is 3. The van der Waals surface area contributed by atoms with Crippen molar-refractivity contribution < 1.29 is 9.59 Å². The van der Waals surface area contributed by atoms with Crippen molar-refractivity contribution in [2.75, 3.05) is 63.8 Å². The lowest BCUT2D eigenvalue weighted by Crippen LogP contribution is -2.54. The summed E-state index contributed by atoms with van der Waals surface area (Å²) in [6.07, 6.45) is 3.50. The predicted octanol–water partition coefficient (Wildman–Crippen LogP) is -0.711. The lowest BCUT2D eigenvalue weighted by Gasteiger charge is -2.37. The fourth-order valence-electron chi connectivity index (χ4n) is 3.12. The van der Waals surface area contributed by atoms with Gasteiger partial charge in [0.1, 0.15) is 0 Å². The number of hydrogen-bond acceptors (Lipinski definition) is 6. The van der Waals surface area contributed by atoms with Crippen LogP contribution in [0.4, 0.5) is 5.95 Å². The molecule has 1 aromatic rings. The first-order valence-electron chi connectivity index (χ1n) is 8.41. The molecule has 130 valence electrons. The molecular formula is C16H24N6O2. The summed E-state index contributed by atoms with van der Waals surface area (Å²) in [5, 5.41) is 0. The van der Waals surface area contributed by atoms with E-state index in [1.807, 2.05) is 11.0 Å². The van der Waals surface area contributed by atoms with E-state index in [9.17, 15) is 9.59 Å². The van der Waals surface area contributed by atoms with Crippen LogP contribution in [0.3, 0.4) is 0 Å². The van der Waals surface area contributed by atoms with Gasteiger partial charge in [-0.25, -0.2) is 9.97 Å². The van der Waals surface area contributed by atoms with Crippen LogP contribution in [0, 0.1) is 0 Å². The molecule has 0 aromatic carbocycles. The van der Waals surface area contributed by atoms with E-state index < -0.39 is 0 Å². The van der Waals surface area contributed by atoms with Gasteiger partial charge in [-0.2, -0.15) is 0 Å². The second-order valence-corrected chi connectivity index (χ2v) is 6.20. The molecule has 2 fully saturated rings. The molecule has 2 aliphatic heterocycles. The van der Waals surface area contributed by atoms with E-state index in [0.29, 0.717) is 32.7 Å². The highest BCUT2D eigenvalue weighted by Gasteiger charge is 2.25. The Labute approximate surface area is 142 Å². The van der Waals surface area contributed by atoms with Crippen molar-refractivity contribution in [2.24, 2.45) is 0 Å². The average molecular weight is 332 g/mol. The molecule has 3 heterocycles. The summed E-state index contributed by atoms with van der Waals surface area (Å²) < 4.78 is 0. The highest BCUT2D eigenvalue weighted by atomic mass is 16.2. The van der Waals surface area contributed by atoms with E-state index in [1.54, 1.807) is 24.2 Å². The van der Waals surface area contributed by atoms with Gasteiger partial charge in [-0.1, -0.05) is 0 Å². The zero-order valence-corrected chi connectivity index (χ0v) is 14.1. The Morgan fingerprint density at radius 2 is 1.50 bits per heavy atom. The van der Waals surface area contributed by atoms with Crippen LogP contribution in [-0.2, 0) is 9.59 Å². The van der Waals surface area contributed by atoms with Crippen LogP contribution in [0.15, 0.2) is 18.5 Å². The minimum Gasteiger partial charge on any atom is -0.339 e. The van der Waals surface area contributed by atoms with Gasteiger partial charge in [0.05, 0.1) is 6.54 Å². The van der Waals surface area contributed by atoms with Gasteiger partial charge in [0.2, 0.25) is 17.8 Å². The monoisotopic (exact) mass is 332 g/mol. The first-order valence-corrected chi connectivity index (χ1v) is 8.41. The van der Waals surface area contributed by atoms with Crippen molar-refractivity contribution in [3.63, 3.8) is 0 Å². The largest absolute Gasteiger partial charge is 0.339 e. The molecule has 0 aliphatic carbocycles. The Hall–Kier alpha value is -2.22. The van der Waals surface area contributed by atoms with Crippen molar-refractivity contribution in [1.82, 2.24) is 24.7 Å². The quantitative estimate of drug-likeness (QED) is 0.728. The summed E-state index contributed by atoms with van der Waals surface area (Å²) >= 11 is 0. The first kappa shape index (κ1) is 16.6. The highest BCUT2D eigenvalue weighted by Crippen LogP contribution is 2.10. The Morgan fingerprint density at radius 1 is 0.917 bits per heavy atom. The molecule has 2 saturated heterocycles. The standard InChI is InChI=1S/C16H24N6O2/c1-14(23)20-9-11-21(12-10-20)15(24)13-19-5-7-22(8-6-19)16-17-3-2-4-18-16/h2-4H,5-13H2,1H3. The molecular weight excluding hydrogens is 308 g/mol. The summed E-state index contributed by atoms with van der Waals surface area (Å²) in [4.78, 5) is 40.3. The number of carbonyl (C=O) groups excluding carboxylic acids is 2. The number of amides is 2. The number of hydrogen-bond donors (Lipinski definition) is 0. The summed E-state index contributed by atoms with van der Waals surface area (Å²) in [5.74, 6) is 0.993. The van der Waals surface area contributed by atoms with E-state index in [4.69, 9.17) is 0 Å². The van der Waals surface area contributed by atoms with Crippen LogP contribution in [0.25, 0.3) is 0 Å². The average Bonchev–Trinajstić information content (AvgIpc) is 2.63. The Bertz CT molecular complexity index is 565. The van der Waals surface area contributed by atoms with Gasteiger partial charge < -0.3 is 14.7 Å². The summed E-state index contributed by atoms with van der Waals surface area (Å²) in [6.45, 7) is 7.89. The van der Waals surface area contributed by atoms with E-state index >= 15 is 0 Å². The molecule has 24 heavy (non-hydrogen) atoms. The van der Waals surface area contributed by atoms with Crippen molar-refractivity contribution in [3.8, 4) is 0 Å². The van der Waals surface area contributed by atoms with E-state index in [2.05, 4.69) is 19.8 Å². The first-order chi connectivity index (χ1) is 11.6. The van der Waals surface area contributed by atoms with Gasteiger partial charge in [-0.15, -0.1) is 0 Å². The van der Waals surface area contributed by atoms with Gasteiger partial charge >= 0.3 is 0 Å². The summed E-state index contributed by atoms with van der Waals surface area (Å²) in [7, 11) is 0. The van der Waals surface area contributed by atoms with Crippen molar-refractivity contribution in [3.05, 3.63) is 18.5 Å². The predicted molar refractivity (Wildman–Crippen MR) is 89.5 cm³/mol. The Balaban J connectivity index is 1.43. The summed E-state index contributed by atoms with van der Waals surface area (Å²) in [5.41, 5.74) is 0. The van der Waals surface area contributed by atoms with E-state index in [0.717, 1.165) is 32.1 Å². The zero-order chi connectivity index (χ0) is 16.9. The molecule has 0 atom stereocenters. The molecule has 2 aliphatic rings.